The molecule has 0 bridgehead atoms. The molecule has 2 unspecified atom stereocenters. The average Bonchev–Trinajstić information content (AvgIpc) is 3.01. The maximum absolute atomic E-state index is 11.9. The minimum atomic E-state index is -0.544. The highest BCUT2D eigenvalue weighted by Gasteiger charge is 2.17. The summed E-state index contributed by atoms with van der Waals surface area (Å²) in [4.78, 5) is 11.9. The zero-order chi connectivity index (χ0) is 14.4. The van der Waals surface area contributed by atoms with E-state index in [9.17, 15) is 9.90 Å². The summed E-state index contributed by atoms with van der Waals surface area (Å²) in [5.41, 5.74) is 1.89. The van der Waals surface area contributed by atoms with Gasteiger partial charge in [0.15, 0.2) is 5.78 Å². The van der Waals surface area contributed by atoms with Crippen molar-refractivity contribution in [2.45, 2.75) is 44.8 Å². The Kier molecular flexibility index (Phi) is 5.50. The lowest BCUT2D eigenvalue weighted by atomic mass is 10.0. The van der Waals surface area contributed by atoms with E-state index in [0.29, 0.717) is 13.0 Å². The highest BCUT2D eigenvalue weighted by Crippen LogP contribution is 2.19. The monoisotopic (exact) mass is 273 g/mol. The Bertz CT molecular complexity index is 467. The first-order valence-electron chi connectivity index (χ1n) is 7.37. The summed E-state index contributed by atoms with van der Waals surface area (Å²) in [6, 6.07) is 9.53. The molecule has 0 aliphatic heterocycles. The standard InChI is InChI=1S/C17H23NO2/c1-13(17(20)15-9-3-2-4-10-15)18-12-11-16(19)14-7-5-6-8-14/h2-4,7,9-10,13,17-18,20H,5-6,8,11-12H2,1H3. The van der Waals surface area contributed by atoms with E-state index >= 15 is 0 Å². The Hall–Kier alpha value is -1.45. The van der Waals surface area contributed by atoms with Gasteiger partial charge in [-0.15, -0.1) is 0 Å². The van der Waals surface area contributed by atoms with Crippen molar-refractivity contribution in [3.8, 4) is 0 Å². The van der Waals surface area contributed by atoms with E-state index < -0.39 is 6.10 Å². The van der Waals surface area contributed by atoms with Gasteiger partial charge in [-0.3, -0.25) is 4.79 Å². The maximum Gasteiger partial charge on any atom is 0.159 e. The lowest BCUT2D eigenvalue weighted by Gasteiger charge is -2.20. The molecule has 0 radical (unpaired) electrons. The minimum absolute atomic E-state index is 0.0669. The van der Waals surface area contributed by atoms with Gasteiger partial charge in [-0.25, -0.2) is 0 Å². The molecule has 0 heterocycles. The van der Waals surface area contributed by atoms with Crippen LogP contribution in [-0.2, 0) is 4.79 Å². The first-order valence-corrected chi connectivity index (χ1v) is 7.37. The summed E-state index contributed by atoms with van der Waals surface area (Å²) in [6.07, 6.45) is 5.11. The van der Waals surface area contributed by atoms with Crippen LogP contribution in [0.25, 0.3) is 0 Å². The fourth-order valence-corrected chi connectivity index (χ4v) is 2.55. The number of carbonyl (C=O) groups excluding carboxylic acids is 1. The fraction of sp³-hybridized carbons (Fsp3) is 0.471. The van der Waals surface area contributed by atoms with E-state index in [4.69, 9.17) is 0 Å². The topological polar surface area (TPSA) is 49.3 Å². The molecule has 1 aromatic rings. The first kappa shape index (κ1) is 14.9. The van der Waals surface area contributed by atoms with Gasteiger partial charge in [0, 0.05) is 19.0 Å². The largest absolute Gasteiger partial charge is 0.387 e. The number of nitrogens with one attached hydrogen (secondary N) is 1. The number of aliphatic hydroxyl groups is 1. The highest BCUT2D eigenvalue weighted by molar-refractivity contribution is 5.95. The Labute approximate surface area is 120 Å². The molecule has 20 heavy (non-hydrogen) atoms. The van der Waals surface area contributed by atoms with E-state index in [0.717, 1.165) is 30.4 Å². The lowest BCUT2D eigenvalue weighted by Crippen LogP contribution is -2.33. The molecular weight excluding hydrogens is 250 g/mol. The number of benzene rings is 1. The number of allylic oxidation sites excluding steroid dienone is 2. The van der Waals surface area contributed by atoms with Crippen molar-refractivity contribution in [1.29, 1.82) is 0 Å². The van der Waals surface area contributed by atoms with Gasteiger partial charge >= 0.3 is 0 Å². The molecule has 1 aliphatic rings. The molecule has 108 valence electrons. The van der Waals surface area contributed by atoms with Gasteiger partial charge < -0.3 is 10.4 Å². The molecule has 2 rings (SSSR count). The molecule has 3 nitrogen and oxygen atoms in total. The molecule has 0 spiro atoms. The second-order valence-corrected chi connectivity index (χ2v) is 5.39. The van der Waals surface area contributed by atoms with Crippen LogP contribution < -0.4 is 5.32 Å². The van der Waals surface area contributed by atoms with Crippen molar-refractivity contribution in [2.75, 3.05) is 6.54 Å². The van der Waals surface area contributed by atoms with Crippen molar-refractivity contribution in [3.05, 3.63) is 47.5 Å². The molecule has 0 amide bonds. The second kappa shape index (κ2) is 7.36. The summed E-state index contributed by atoms with van der Waals surface area (Å²) >= 11 is 0. The van der Waals surface area contributed by atoms with Crippen molar-refractivity contribution in [2.24, 2.45) is 0 Å². The summed E-state index contributed by atoms with van der Waals surface area (Å²) in [7, 11) is 0. The van der Waals surface area contributed by atoms with Gasteiger partial charge in [-0.1, -0.05) is 36.4 Å². The molecule has 2 atom stereocenters. The third-order valence-electron chi connectivity index (χ3n) is 3.83. The quantitative estimate of drug-likeness (QED) is 0.803. The number of carbonyl (C=O) groups is 1. The number of rotatable bonds is 7. The van der Waals surface area contributed by atoms with Crippen LogP contribution in [0.1, 0.15) is 44.3 Å². The Morgan fingerprint density at radius 3 is 2.75 bits per heavy atom. The van der Waals surface area contributed by atoms with E-state index in [1.54, 1.807) is 0 Å². The van der Waals surface area contributed by atoms with Crippen LogP contribution in [0.5, 0.6) is 0 Å². The van der Waals surface area contributed by atoms with Crippen molar-refractivity contribution in [1.82, 2.24) is 5.32 Å². The van der Waals surface area contributed by atoms with Crippen LogP contribution in [0.15, 0.2) is 42.0 Å². The van der Waals surface area contributed by atoms with Gasteiger partial charge in [0.1, 0.15) is 0 Å². The molecular formula is C17H23NO2. The van der Waals surface area contributed by atoms with Crippen LogP contribution in [-0.4, -0.2) is 23.5 Å². The van der Waals surface area contributed by atoms with Crippen LogP contribution in [0.3, 0.4) is 0 Å². The molecule has 1 aliphatic carbocycles. The number of ketones is 1. The molecule has 1 aromatic carbocycles. The fourth-order valence-electron chi connectivity index (χ4n) is 2.55. The average molecular weight is 273 g/mol. The smallest absolute Gasteiger partial charge is 0.159 e. The van der Waals surface area contributed by atoms with Crippen molar-refractivity contribution in [3.63, 3.8) is 0 Å². The normalized spacial score (nSPS) is 17.6. The Morgan fingerprint density at radius 2 is 2.10 bits per heavy atom. The van der Waals surface area contributed by atoms with Gasteiger partial charge in [0.2, 0.25) is 0 Å². The van der Waals surface area contributed by atoms with Crippen LogP contribution >= 0.6 is 0 Å². The van der Waals surface area contributed by atoms with E-state index in [1.807, 2.05) is 37.3 Å². The zero-order valence-electron chi connectivity index (χ0n) is 12.0. The minimum Gasteiger partial charge on any atom is -0.387 e. The van der Waals surface area contributed by atoms with Gasteiger partial charge in [0.25, 0.3) is 0 Å². The van der Waals surface area contributed by atoms with Crippen molar-refractivity contribution < 1.29 is 9.90 Å². The third kappa shape index (κ3) is 4.02. The number of aliphatic hydroxyl groups excluding tert-OH is 1. The Balaban J connectivity index is 1.75. The van der Waals surface area contributed by atoms with Crippen LogP contribution in [0.2, 0.25) is 0 Å². The third-order valence-corrected chi connectivity index (χ3v) is 3.83. The first-order chi connectivity index (χ1) is 9.68. The van der Waals surface area contributed by atoms with Gasteiger partial charge in [0.05, 0.1) is 6.10 Å². The molecule has 0 aromatic heterocycles. The maximum atomic E-state index is 11.9. The number of Topliss-reactive ketones (excluding diaryl/α,β-unsaturated/α-hetero) is 1. The summed E-state index contributed by atoms with van der Waals surface area (Å²) in [5, 5.41) is 13.4. The molecule has 0 saturated heterocycles. The van der Waals surface area contributed by atoms with Crippen LogP contribution in [0.4, 0.5) is 0 Å². The van der Waals surface area contributed by atoms with E-state index in [2.05, 4.69) is 11.4 Å². The van der Waals surface area contributed by atoms with Crippen molar-refractivity contribution >= 4 is 5.78 Å². The zero-order valence-corrected chi connectivity index (χ0v) is 12.0. The second-order valence-electron chi connectivity index (χ2n) is 5.39. The van der Waals surface area contributed by atoms with Gasteiger partial charge in [-0.05, 0) is 37.3 Å². The predicted molar refractivity (Wildman–Crippen MR) is 80.4 cm³/mol. The van der Waals surface area contributed by atoms with Gasteiger partial charge in [-0.2, -0.15) is 0 Å². The SMILES string of the molecule is CC(NCCC(=O)C1=CCCC1)C(O)c1ccccc1. The highest BCUT2D eigenvalue weighted by atomic mass is 16.3. The summed E-state index contributed by atoms with van der Waals surface area (Å²) < 4.78 is 0. The van der Waals surface area contributed by atoms with Crippen LogP contribution in [0, 0.1) is 0 Å². The molecule has 0 saturated carbocycles. The number of hydrogen-bond donors (Lipinski definition) is 2. The molecule has 3 heteroatoms. The number of hydrogen-bond acceptors (Lipinski definition) is 3. The lowest BCUT2D eigenvalue weighted by molar-refractivity contribution is -0.115. The molecule has 2 N–H and O–H groups in total. The molecule has 0 fully saturated rings. The summed E-state index contributed by atoms with van der Waals surface area (Å²) in [5.74, 6) is 0.247. The predicted octanol–water partition coefficient (Wildman–Crippen LogP) is 2.77. The van der Waals surface area contributed by atoms with E-state index in [-0.39, 0.29) is 11.8 Å². The summed E-state index contributed by atoms with van der Waals surface area (Å²) in [6.45, 7) is 2.55. The van der Waals surface area contributed by atoms with E-state index in [1.165, 1.54) is 0 Å². The Morgan fingerprint density at radius 1 is 1.35 bits per heavy atom.